The maximum Gasteiger partial charge on any atom is 0.295 e. The van der Waals surface area contributed by atoms with Gasteiger partial charge in [-0.2, -0.15) is 0 Å². The lowest BCUT2D eigenvalue weighted by molar-refractivity contribution is 0.101. The summed E-state index contributed by atoms with van der Waals surface area (Å²) in [5.74, 6) is -2.71. The van der Waals surface area contributed by atoms with Crippen molar-refractivity contribution in [2.75, 3.05) is 5.32 Å². The molecule has 0 atom stereocenters. The molecule has 1 heterocycles. The van der Waals surface area contributed by atoms with Crippen LogP contribution in [0.5, 0.6) is 0 Å². The molecule has 0 saturated heterocycles. The zero-order valence-electron chi connectivity index (χ0n) is 12.1. The van der Waals surface area contributed by atoms with Crippen molar-refractivity contribution in [3.63, 3.8) is 0 Å². The van der Waals surface area contributed by atoms with Gasteiger partial charge in [-0.25, -0.2) is 18.4 Å². The van der Waals surface area contributed by atoms with Gasteiger partial charge in [-0.3, -0.25) is 4.79 Å². The lowest BCUT2D eigenvalue weighted by atomic mass is 10.2. The molecular weight excluding hydrogens is 302 g/mol. The zero-order valence-corrected chi connectivity index (χ0v) is 12.1. The third-order valence-electron chi connectivity index (χ3n) is 3.19. The summed E-state index contributed by atoms with van der Waals surface area (Å²) in [6.45, 7) is 1.95. The van der Waals surface area contributed by atoms with E-state index in [0.717, 1.165) is 23.4 Å². The molecule has 1 aromatic heterocycles. The van der Waals surface area contributed by atoms with Crippen LogP contribution in [0.15, 0.2) is 48.8 Å². The Morgan fingerprint density at radius 2 is 1.74 bits per heavy atom. The minimum absolute atomic E-state index is 0.187. The van der Waals surface area contributed by atoms with E-state index in [4.69, 9.17) is 0 Å². The Labute approximate surface area is 130 Å². The fraction of sp³-hybridized carbons (Fsp3) is 0.0625. The summed E-state index contributed by atoms with van der Waals surface area (Å²) in [7, 11) is 0. The van der Waals surface area contributed by atoms with Gasteiger partial charge in [-0.05, 0) is 31.2 Å². The second-order valence-electron chi connectivity index (χ2n) is 4.90. The predicted molar refractivity (Wildman–Crippen MR) is 80.4 cm³/mol. The third kappa shape index (κ3) is 3.08. The summed E-state index contributed by atoms with van der Waals surface area (Å²) >= 11 is 0. The van der Waals surface area contributed by atoms with E-state index in [0.29, 0.717) is 0 Å². The van der Waals surface area contributed by atoms with Gasteiger partial charge >= 0.3 is 0 Å². The Hall–Kier alpha value is -3.09. The minimum atomic E-state index is -0.865. The molecule has 0 unspecified atom stereocenters. The number of carbonyl (C=O) groups is 1. The molecule has 3 aromatic rings. The van der Waals surface area contributed by atoms with Gasteiger partial charge in [-0.15, -0.1) is 5.10 Å². The van der Waals surface area contributed by atoms with Crippen LogP contribution in [0.3, 0.4) is 0 Å². The summed E-state index contributed by atoms with van der Waals surface area (Å²) in [6, 6.07) is 10.8. The van der Waals surface area contributed by atoms with E-state index in [1.807, 2.05) is 31.2 Å². The summed E-state index contributed by atoms with van der Waals surface area (Å²) in [5.41, 5.74) is 1.28. The van der Waals surface area contributed by atoms with Gasteiger partial charge in [0.2, 0.25) is 5.82 Å². The third-order valence-corrected chi connectivity index (χ3v) is 3.19. The zero-order chi connectivity index (χ0) is 16.4. The second-order valence-corrected chi connectivity index (χ2v) is 4.90. The standard InChI is InChI=1S/C16H12F2N4O/c1-10-5-7-11(8-6-10)22-9-19-15(21-22)16(23)20-14-12(17)3-2-4-13(14)18/h2-9H,1H3,(H,20,23). The maximum atomic E-state index is 13.5. The van der Waals surface area contributed by atoms with Crippen molar-refractivity contribution < 1.29 is 13.6 Å². The van der Waals surface area contributed by atoms with E-state index in [-0.39, 0.29) is 5.82 Å². The molecule has 7 heteroatoms. The van der Waals surface area contributed by atoms with Gasteiger partial charge in [0.05, 0.1) is 5.69 Å². The highest BCUT2D eigenvalue weighted by Crippen LogP contribution is 2.18. The number of hydrogen-bond acceptors (Lipinski definition) is 3. The SMILES string of the molecule is Cc1ccc(-n2cnc(C(=O)Nc3c(F)cccc3F)n2)cc1. The largest absolute Gasteiger partial charge is 0.314 e. The molecule has 0 bridgehead atoms. The minimum Gasteiger partial charge on any atom is -0.314 e. The molecule has 1 amide bonds. The number of benzene rings is 2. The predicted octanol–water partition coefficient (Wildman–Crippen LogP) is 3.11. The quantitative estimate of drug-likeness (QED) is 0.808. The smallest absolute Gasteiger partial charge is 0.295 e. The maximum absolute atomic E-state index is 13.5. The van der Waals surface area contributed by atoms with E-state index in [1.54, 1.807) is 0 Å². The number of rotatable bonds is 3. The molecule has 2 aromatic carbocycles. The van der Waals surface area contributed by atoms with Crippen LogP contribution in [0.4, 0.5) is 14.5 Å². The van der Waals surface area contributed by atoms with Crippen LogP contribution in [0.1, 0.15) is 16.2 Å². The van der Waals surface area contributed by atoms with E-state index in [1.165, 1.54) is 17.1 Å². The van der Waals surface area contributed by atoms with E-state index in [9.17, 15) is 13.6 Å². The Balaban J connectivity index is 1.83. The van der Waals surface area contributed by atoms with Crippen LogP contribution in [0.25, 0.3) is 5.69 Å². The van der Waals surface area contributed by atoms with Crippen molar-refractivity contribution in [1.82, 2.24) is 14.8 Å². The molecule has 0 fully saturated rings. The number of aromatic nitrogens is 3. The normalized spacial score (nSPS) is 10.6. The fourth-order valence-corrected chi connectivity index (χ4v) is 1.98. The van der Waals surface area contributed by atoms with E-state index in [2.05, 4.69) is 15.4 Å². The molecule has 1 N–H and O–H groups in total. The summed E-state index contributed by atoms with van der Waals surface area (Å²) < 4.78 is 28.5. The van der Waals surface area contributed by atoms with Crippen molar-refractivity contribution in [3.8, 4) is 5.69 Å². The molecule has 5 nitrogen and oxygen atoms in total. The lowest BCUT2D eigenvalue weighted by Crippen LogP contribution is -2.16. The first-order chi connectivity index (χ1) is 11.0. The van der Waals surface area contributed by atoms with Crippen LogP contribution >= 0.6 is 0 Å². The molecule has 0 radical (unpaired) electrons. The average Bonchev–Trinajstić information content (AvgIpc) is 3.02. The van der Waals surface area contributed by atoms with Gasteiger partial charge in [0.25, 0.3) is 5.91 Å². The highest BCUT2D eigenvalue weighted by atomic mass is 19.1. The van der Waals surface area contributed by atoms with Crippen LogP contribution in [0, 0.1) is 18.6 Å². The van der Waals surface area contributed by atoms with Gasteiger partial charge in [-0.1, -0.05) is 23.8 Å². The topological polar surface area (TPSA) is 59.8 Å². The molecule has 23 heavy (non-hydrogen) atoms. The Kier molecular flexibility index (Phi) is 3.84. The van der Waals surface area contributed by atoms with Crippen molar-refractivity contribution in [2.24, 2.45) is 0 Å². The number of carbonyl (C=O) groups excluding carboxylic acids is 1. The number of halogens is 2. The summed E-state index contributed by atoms with van der Waals surface area (Å²) in [6.07, 6.45) is 1.36. The number of nitrogens with zero attached hydrogens (tertiary/aromatic N) is 3. The average molecular weight is 314 g/mol. The van der Waals surface area contributed by atoms with Crippen LogP contribution < -0.4 is 5.32 Å². The van der Waals surface area contributed by atoms with Crippen LogP contribution in [-0.4, -0.2) is 20.7 Å². The fourth-order valence-electron chi connectivity index (χ4n) is 1.98. The highest BCUT2D eigenvalue weighted by Gasteiger charge is 2.17. The van der Waals surface area contributed by atoms with Gasteiger partial charge < -0.3 is 5.32 Å². The number of amides is 1. The van der Waals surface area contributed by atoms with Crippen LogP contribution in [-0.2, 0) is 0 Å². The highest BCUT2D eigenvalue weighted by molar-refractivity contribution is 6.01. The van der Waals surface area contributed by atoms with E-state index < -0.39 is 23.2 Å². The number of anilines is 1. The van der Waals surface area contributed by atoms with Crippen molar-refractivity contribution in [1.29, 1.82) is 0 Å². The Morgan fingerprint density at radius 1 is 1.09 bits per heavy atom. The number of para-hydroxylation sites is 1. The van der Waals surface area contributed by atoms with Crippen molar-refractivity contribution >= 4 is 11.6 Å². The molecule has 0 aliphatic rings. The molecule has 0 aliphatic heterocycles. The lowest BCUT2D eigenvalue weighted by Gasteiger charge is -2.05. The monoisotopic (exact) mass is 314 g/mol. The first-order valence-electron chi connectivity index (χ1n) is 6.78. The van der Waals surface area contributed by atoms with Gasteiger partial charge in [0.1, 0.15) is 23.6 Å². The number of nitrogens with one attached hydrogen (secondary N) is 1. The molecule has 3 rings (SSSR count). The Bertz CT molecular complexity index is 839. The molecular formula is C16H12F2N4O. The molecule has 116 valence electrons. The number of aryl methyl sites for hydroxylation is 1. The van der Waals surface area contributed by atoms with E-state index >= 15 is 0 Å². The summed E-state index contributed by atoms with van der Waals surface area (Å²) in [5, 5.41) is 6.16. The first kappa shape index (κ1) is 14.8. The Morgan fingerprint density at radius 3 is 2.39 bits per heavy atom. The molecule has 0 saturated carbocycles. The molecule has 0 spiro atoms. The first-order valence-corrected chi connectivity index (χ1v) is 6.78. The van der Waals surface area contributed by atoms with Gasteiger partial charge in [0.15, 0.2) is 0 Å². The number of hydrogen-bond donors (Lipinski definition) is 1. The molecule has 0 aliphatic carbocycles. The summed E-state index contributed by atoms with van der Waals surface area (Å²) in [4.78, 5) is 15.9. The van der Waals surface area contributed by atoms with Gasteiger partial charge in [0, 0.05) is 0 Å². The second kappa shape index (κ2) is 5.96. The van der Waals surface area contributed by atoms with Crippen molar-refractivity contribution in [2.45, 2.75) is 6.92 Å². The van der Waals surface area contributed by atoms with Crippen LogP contribution in [0.2, 0.25) is 0 Å². The van der Waals surface area contributed by atoms with Crippen molar-refractivity contribution in [3.05, 3.63) is 71.8 Å².